The number of carbonyl (C=O) groups excluding carboxylic acids is 1. The normalized spacial score (nSPS) is 19.0. The van der Waals surface area contributed by atoms with Gasteiger partial charge >= 0.3 is 0 Å². The molecule has 1 unspecified atom stereocenters. The summed E-state index contributed by atoms with van der Waals surface area (Å²) >= 11 is 3.34. The standard InChI is InChI=1S/C11H10BrN3O/c12-8-1-7(5-13)2-9(3-8)15-10-4-11(16)14-6-10/h1-3,10,15H,4,6H2,(H,14,16). The lowest BCUT2D eigenvalue weighted by Gasteiger charge is -2.12. The first kappa shape index (κ1) is 11.0. The molecule has 1 aliphatic heterocycles. The maximum atomic E-state index is 11.0. The summed E-state index contributed by atoms with van der Waals surface area (Å²) in [5.41, 5.74) is 1.45. The third kappa shape index (κ3) is 2.52. The van der Waals surface area contributed by atoms with Crippen molar-refractivity contribution in [1.82, 2.24) is 5.32 Å². The highest BCUT2D eigenvalue weighted by molar-refractivity contribution is 9.10. The van der Waals surface area contributed by atoms with Crippen LogP contribution in [0.1, 0.15) is 12.0 Å². The highest BCUT2D eigenvalue weighted by Crippen LogP contribution is 2.20. The van der Waals surface area contributed by atoms with Crippen molar-refractivity contribution in [3.8, 4) is 6.07 Å². The van der Waals surface area contributed by atoms with Crippen molar-refractivity contribution in [3.63, 3.8) is 0 Å². The van der Waals surface area contributed by atoms with Crippen LogP contribution in [-0.2, 0) is 4.79 Å². The van der Waals surface area contributed by atoms with Crippen molar-refractivity contribution in [2.45, 2.75) is 12.5 Å². The predicted octanol–water partition coefficient (Wildman–Crippen LogP) is 1.62. The van der Waals surface area contributed by atoms with Crippen LogP contribution in [0, 0.1) is 11.3 Å². The van der Waals surface area contributed by atoms with Crippen molar-refractivity contribution in [2.75, 3.05) is 11.9 Å². The van der Waals surface area contributed by atoms with E-state index in [4.69, 9.17) is 5.26 Å². The van der Waals surface area contributed by atoms with Gasteiger partial charge in [0.25, 0.3) is 0 Å². The van der Waals surface area contributed by atoms with Gasteiger partial charge in [0.05, 0.1) is 17.7 Å². The van der Waals surface area contributed by atoms with E-state index in [-0.39, 0.29) is 11.9 Å². The van der Waals surface area contributed by atoms with E-state index in [2.05, 4.69) is 32.6 Å². The molecule has 1 aliphatic rings. The Morgan fingerprint density at radius 3 is 2.94 bits per heavy atom. The summed E-state index contributed by atoms with van der Waals surface area (Å²) < 4.78 is 0.853. The number of rotatable bonds is 2. The molecule has 1 aromatic carbocycles. The first-order chi connectivity index (χ1) is 7.67. The van der Waals surface area contributed by atoms with Crippen molar-refractivity contribution < 1.29 is 4.79 Å². The van der Waals surface area contributed by atoms with E-state index >= 15 is 0 Å². The average molecular weight is 280 g/mol. The molecular formula is C11H10BrN3O. The number of hydrogen-bond donors (Lipinski definition) is 2. The van der Waals surface area contributed by atoms with Gasteiger partial charge in [0.15, 0.2) is 0 Å². The van der Waals surface area contributed by atoms with Gasteiger partial charge in [0, 0.05) is 23.1 Å². The minimum Gasteiger partial charge on any atom is -0.380 e. The molecule has 0 aliphatic carbocycles. The highest BCUT2D eigenvalue weighted by atomic mass is 79.9. The molecular weight excluding hydrogens is 270 g/mol. The van der Waals surface area contributed by atoms with E-state index < -0.39 is 0 Å². The molecule has 2 rings (SSSR count). The summed E-state index contributed by atoms with van der Waals surface area (Å²) in [6.07, 6.45) is 0.481. The van der Waals surface area contributed by atoms with Crippen LogP contribution in [0.25, 0.3) is 0 Å². The summed E-state index contributed by atoms with van der Waals surface area (Å²) in [7, 11) is 0. The number of anilines is 1. The number of benzene rings is 1. The van der Waals surface area contributed by atoms with E-state index in [0.29, 0.717) is 18.5 Å². The summed E-state index contributed by atoms with van der Waals surface area (Å²) in [5.74, 6) is 0.0630. The molecule has 1 amide bonds. The molecule has 1 aromatic rings. The molecule has 0 saturated carbocycles. The number of nitrogens with one attached hydrogen (secondary N) is 2. The Morgan fingerprint density at radius 1 is 1.50 bits per heavy atom. The second-order valence-corrected chi connectivity index (χ2v) is 4.61. The first-order valence-corrected chi connectivity index (χ1v) is 5.70. The van der Waals surface area contributed by atoms with Crippen LogP contribution in [0.3, 0.4) is 0 Å². The van der Waals surface area contributed by atoms with Crippen molar-refractivity contribution >= 4 is 27.5 Å². The number of hydrogen-bond acceptors (Lipinski definition) is 3. The molecule has 16 heavy (non-hydrogen) atoms. The van der Waals surface area contributed by atoms with E-state index in [1.807, 2.05) is 6.07 Å². The van der Waals surface area contributed by atoms with Gasteiger partial charge in [-0.15, -0.1) is 0 Å². The van der Waals surface area contributed by atoms with Crippen LogP contribution in [-0.4, -0.2) is 18.5 Å². The number of halogens is 1. The van der Waals surface area contributed by atoms with Gasteiger partial charge in [0.2, 0.25) is 5.91 Å². The number of nitriles is 1. The van der Waals surface area contributed by atoms with Crippen molar-refractivity contribution in [3.05, 3.63) is 28.2 Å². The fourth-order valence-electron chi connectivity index (χ4n) is 1.68. The Bertz CT molecular complexity index is 467. The molecule has 4 nitrogen and oxygen atoms in total. The highest BCUT2D eigenvalue weighted by Gasteiger charge is 2.20. The zero-order valence-electron chi connectivity index (χ0n) is 8.46. The molecule has 1 atom stereocenters. The molecule has 1 heterocycles. The van der Waals surface area contributed by atoms with Gasteiger partial charge < -0.3 is 10.6 Å². The lowest BCUT2D eigenvalue weighted by Crippen LogP contribution is -2.22. The van der Waals surface area contributed by atoms with Gasteiger partial charge in [-0.1, -0.05) is 15.9 Å². The second-order valence-electron chi connectivity index (χ2n) is 3.69. The maximum Gasteiger partial charge on any atom is 0.222 e. The molecule has 0 bridgehead atoms. The average Bonchev–Trinajstić information content (AvgIpc) is 2.63. The summed E-state index contributed by atoms with van der Waals surface area (Å²) in [5, 5.41) is 14.8. The third-order valence-corrected chi connectivity index (χ3v) is 2.83. The van der Waals surface area contributed by atoms with Crippen molar-refractivity contribution in [2.24, 2.45) is 0 Å². The Labute approximate surface area is 102 Å². The Balaban J connectivity index is 2.12. The number of carbonyl (C=O) groups is 1. The zero-order chi connectivity index (χ0) is 11.5. The third-order valence-electron chi connectivity index (χ3n) is 2.38. The molecule has 0 spiro atoms. The van der Waals surface area contributed by atoms with E-state index in [0.717, 1.165) is 10.2 Å². The number of amides is 1. The molecule has 82 valence electrons. The summed E-state index contributed by atoms with van der Waals surface area (Å²) in [6, 6.07) is 7.61. The topological polar surface area (TPSA) is 64.9 Å². The zero-order valence-corrected chi connectivity index (χ0v) is 10.0. The Hall–Kier alpha value is -1.54. The molecule has 5 heteroatoms. The van der Waals surface area contributed by atoms with Crippen LogP contribution >= 0.6 is 15.9 Å². The summed E-state index contributed by atoms with van der Waals surface area (Å²) in [4.78, 5) is 11.0. The van der Waals surface area contributed by atoms with Gasteiger partial charge in [-0.25, -0.2) is 0 Å². The lowest BCUT2D eigenvalue weighted by atomic mass is 10.2. The van der Waals surface area contributed by atoms with Crippen LogP contribution in [0.5, 0.6) is 0 Å². The Kier molecular flexibility index (Phi) is 3.11. The monoisotopic (exact) mass is 279 g/mol. The largest absolute Gasteiger partial charge is 0.380 e. The van der Waals surface area contributed by atoms with Crippen molar-refractivity contribution in [1.29, 1.82) is 5.26 Å². The predicted molar refractivity (Wildman–Crippen MR) is 63.9 cm³/mol. The van der Waals surface area contributed by atoms with Crippen LogP contribution in [0.4, 0.5) is 5.69 Å². The molecule has 0 aromatic heterocycles. The van der Waals surface area contributed by atoms with Crippen LogP contribution < -0.4 is 10.6 Å². The second kappa shape index (κ2) is 4.54. The molecule has 2 N–H and O–H groups in total. The van der Waals surface area contributed by atoms with E-state index in [1.54, 1.807) is 12.1 Å². The van der Waals surface area contributed by atoms with Crippen LogP contribution in [0.15, 0.2) is 22.7 Å². The fraction of sp³-hybridized carbons (Fsp3) is 0.273. The minimum absolute atomic E-state index is 0.0630. The lowest BCUT2D eigenvalue weighted by molar-refractivity contribution is -0.119. The number of nitrogens with zero attached hydrogens (tertiary/aromatic N) is 1. The molecule has 1 fully saturated rings. The Morgan fingerprint density at radius 2 is 2.31 bits per heavy atom. The van der Waals surface area contributed by atoms with Gasteiger partial charge in [-0.2, -0.15) is 5.26 Å². The van der Waals surface area contributed by atoms with E-state index in [9.17, 15) is 4.79 Å². The van der Waals surface area contributed by atoms with Gasteiger partial charge in [-0.05, 0) is 18.2 Å². The minimum atomic E-state index is 0.0630. The molecule has 1 saturated heterocycles. The SMILES string of the molecule is N#Cc1cc(Br)cc(NC2CNC(=O)C2)c1. The summed E-state index contributed by atoms with van der Waals surface area (Å²) in [6.45, 7) is 0.632. The first-order valence-electron chi connectivity index (χ1n) is 4.91. The van der Waals surface area contributed by atoms with Gasteiger partial charge in [-0.3, -0.25) is 4.79 Å². The smallest absolute Gasteiger partial charge is 0.222 e. The fourth-order valence-corrected chi connectivity index (χ4v) is 2.17. The van der Waals surface area contributed by atoms with E-state index in [1.165, 1.54) is 0 Å². The maximum absolute atomic E-state index is 11.0. The van der Waals surface area contributed by atoms with Crippen LogP contribution in [0.2, 0.25) is 0 Å². The quantitative estimate of drug-likeness (QED) is 0.865. The van der Waals surface area contributed by atoms with Gasteiger partial charge in [0.1, 0.15) is 0 Å². The molecule has 0 radical (unpaired) electrons.